The SMILES string of the molecule is Clc1ccc(C(Cl)c2ccc3nnn(C4CCCCC4)c3c2)cc1. The number of nitrogens with zero attached hydrogens (tertiary/aromatic N) is 3. The van der Waals surface area contributed by atoms with Gasteiger partial charge in [0.1, 0.15) is 5.52 Å². The van der Waals surface area contributed by atoms with E-state index in [1.807, 2.05) is 36.4 Å². The van der Waals surface area contributed by atoms with Crippen LogP contribution < -0.4 is 0 Å². The molecule has 3 nitrogen and oxygen atoms in total. The van der Waals surface area contributed by atoms with Crippen LogP contribution in [-0.4, -0.2) is 15.0 Å². The molecular weight excluding hydrogens is 341 g/mol. The summed E-state index contributed by atoms with van der Waals surface area (Å²) in [4.78, 5) is 0. The molecule has 1 heterocycles. The minimum Gasteiger partial charge on any atom is -0.242 e. The molecule has 0 radical (unpaired) electrons. The summed E-state index contributed by atoms with van der Waals surface area (Å²) in [6.45, 7) is 0. The number of rotatable bonds is 3. The summed E-state index contributed by atoms with van der Waals surface area (Å²) < 4.78 is 2.10. The summed E-state index contributed by atoms with van der Waals surface area (Å²) in [5.74, 6) is 0. The lowest BCUT2D eigenvalue weighted by atomic mass is 9.95. The molecule has 1 aromatic heterocycles. The Morgan fingerprint density at radius 3 is 2.42 bits per heavy atom. The molecular formula is C19H19Cl2N3. The van der Waals surface area contributed by atoms with Crippen molar-refractivity contribution in [1.29, 1.82) is 0 Å². The van der Waals surface area contributed by atoms with Crippen LogP contribution in [0.3, 0.4) is 0 Å². The number of fused-ring (bicyclic) bond motifs is 1. The predicted octanol–water partition coefficient (Wildman–Crippen LogP) is 5.92. The molecule has 0 bridgehead atoms. The van der Waals surface area contributed by atoms with Gasteiger partial charge in [0.15, 0.2) is 0 Å². The second-order valence-electron chi connectivity index (χ2n) is 6.49. The standard InChI is InChI=1S/C19H19Cl2N3/c20-15-9-6-13(7-10-15)19(21)14-8-11-17-18(12-14)24(23-22-17)16-4-2-1-3-5-16/h6-12,16,19H,1-5H2. The second kappa shape index (κ2) is 6.73. The molecule has 3 aromatic rings. The first-order valence-electron chi connectivity index (χ1n) is 8.47. The molecule has 1 atom stereocenters. The van der Waals surface area contributed by atoms with E-state index in [-0.39, 0.29) is 5.38 Å². The largest absolute Gasteiger partial charge is 0.242 e. The van der Waals surface area contributed by atoms with Crippen molar-refractivity contribution in [2.45, 2.75) is 43.5 Å². The summed E-state index contributed by atoms with van der Waals surface area (Å²) >= 11 is 12.7. The van der Waals surface area contributed by atoms with Crippen LogP contribution in [0.2, 0.25) is 5.02 Å². The Kier molecular flexibility index (Phi) is 4.47. The molecule has 124 valence electrons. The zero-order valence-corrected chi connectivity index (χ0v) is 14.8. The molecule has 1 unspecified atom stereocenters. The van der Waals surface area contributed by atoms with Gasteiger partial charge in [0.05, 0.1) is 16.9 Å². The summed E-state index contributed by atoms with van der Waals surface area (Å²) in [5.41, 5.74) is 4.12. The zero-order valence-electron chi connectivity index (χ0n) is 13.3. The van der Waals surface area contributed by atoms with Crippen molar-refractivity contribution < 1.29 is 0 Å². The number of halogens is 2. The van der Waals surface area contributed by atoms with Gasteiger partial charge in [-0.3, -0.25) is 0 Å². The fraction of sp³-hybridized carbons (Fsp3) is 0.368. The summed E-state index contributed by atoms with van der Waals surface area (Å²) in [6.07, 6.45) is 6.24. The molecule has 1 saturated carbocycles. The molecule has 1 aliphatic rings. The Bertz CT molecular complexity index is 835. The lowest BCUT2D eigenvalue weighted by molar-refractivity contribution is 0.331. The Balaban J connectivity index is 1.70. The quantitative estimate of drug-likeness (QED) is 0.543. The molecule has 0 saturated heterocycles. The number of hydrogen-bond acceptors (Lipinski definition) is 2. The van der Waals surface area contributed by atoms with Crippen molar-refractivity contribution in [3.05, 3.63) is 58.6 Å². The molecule has 0 aliphatic heterocycles. The maximum Gasteiger partial charge on any atom is 0.113 e. The fourth-order valence-electron chi connectivity index (χ4n) is 3.53. The monoisotopic (exact) mass is 359 g/mol. The topological polar surface area (TPSA) is 30.7 Å². The van der Waals surface area contributed by atoms with Crippen LogP contribution in [0.1, 0.15) is 54.6 Å². The fourth-order valence-corrected chi connectivity index (χ4v) is 3.94. The highest BCUT2D eigenvalue weighted by molar-refractivity contribution is 6.30. The summed E-state index contributed by atoms with van der Waals surface area (Å²) in [6, 6.07) is 14.3. The number of benzene rings is 2. The molecule has 4 rings (SSSR count). The molecule has 0 amide bonds. The molecule has 0 N–H and O–H groups in total. The van der Waals surface area contributed by atoms with E-state index in [2.05, 4.69) is 21.1 Å². The Hall–Kier alpha value is -1.58. The Labute approximate surface area is 151 Å². The van der Waals surface area contributed by atoms with Gasteiger partial charge in [0.2, 0.25) is 0 Å². The van der Waals surface area contributed by atoms with Gasteiger partial charge >= 0.3 is 0 Å². The molecule has 1 fully saturated rings. The third kappa shape index (κ3) is 3.03. The number of hydrogen-bond donors (Lipinski definition) is 0. The second-order valence-corrected chi connectivity index (χ2v) is 7.36. The van der Waals surface area contributed by atoms with Crippen molar-refractivity contribution in [2.75, 3.05) is 0 Å². The van der Waals surface area contributed by atoms with Gasteiger partial charge in [-0.25, -0.2) is 4.68 Å². The van der Waals surface area contributed by atoms with Gasteiger partial charge in [0, 0.05) is 5.02 Å². The van der Waals surface area contributed by atoms with E-state index in [4.69, 9.17) is 23.2 Å². The van der Waals surface area contributed by atoms with E-state index >= 15 is 0 Å². The average molecular weight is 360 g/mol. The first-order valence-corrected chi connectivity index (χ1v) is 9.28. The van der Waals surface area contributed by atoms with Crippen LogP contribution in [0.15, 0.2) is 42.5 Å². The van der Waals surface area contributed by atoms with Gasteiger partial charge in [-0.2, -0.15) is 0 Å². The van der Waals surface area contributed by atoms with Crippen LogP contribution in [0, 0.1) is 0 Å². The smallest absolute Gasteiger partial charge is 0.113 e. The molecule has 1 aliphatic carbocycles. The summed E-state index contributed by atoms with van der Waals surface area (Å²) in [5, 5.41) is 9.25. The highest BCUT2D eigenvalue weighted by atomic mass is 35.5. The van der Waals surface area contributed by atoms with Gasteiger partial charge in [-0.15, -0.1) is 16.7 Å². The molecule has 2 aromatic carbocycles. The first-order chi connectivity index (χ1) is 11.7. The lowest BCUT2D eigenvalue weighted by Crippen LogP contribution is -2.14. The van der Waals surface area contributed by atoms with E-state index in [9.17, 15) is 0 Å². The van der Waals surface area contributed by atoms with Gasteiger partial charge in [0.25, 0.3) is 0 Å². The van der Waals surface area contributed by atoms with Crippen molar-refractivity contribution in [2.24, 2.45) is 0 Å². The molecule has 24 heavy (non-hydrogen) atoms. The highest BCUT2D eigenvalue weighted by Crippen LogP contribution is 2.33. The van der Waals surface area contributed by atoms with E-state index in [1.165, 1.54) is 32.1 Å². The van der Waals surface area contributed by atoms with Crippen molar-refractivity contribution in [1.82, 2.24) is 15.0 Å². The predicted molar refractivity (Wildman–Crippen MR) is 98.8 cm³/mol. The van der Waals surface area contributed by atoms with E-state index < -0.39 is 0 Å². The minimum absolute atomic E-state index is 0.207. The van der Waals surface area contributed by atoms with Crippen LogP contribution in [0.5, 0.6) is 0 Å². The molecule has 0 spiro atoms. The zero-order chi connectivity index (χ0) is 16.5. The maximum absolute atomic E-state index is 6.70. The first kappa shape index (κ1) is 15.9. The van der Waals surface area contributed by atoms with Gasteiger partial charge in [-0.1, -0.05) is 54.3 Å². The van der Waals surface area contributed by atoms with Gasteiger partial charge in [-0.05, 0) is 48.2 Å². The normalized spacial score (nSPS) is 17.2. The van der Waals surface area contributed by atoms with Gasteiger partial charge < -0.3 is 0 Å². The van der Waals surface area contributed by atoms with E-state index in [1.54, 1.807) is 0 Å². The van der Waals surface area contributed by atoms with Crippen molar-refractivity contribution in [3.63, 3.8) is 0 Å². The average Bonchev–Trinajstić information content (AvgIpc) is 3.05. The summed E-state index contributed by atoms with van der Waals surface area (Å²) in [7, 11) is 0. The minimum atomic E-state index is -0.207. The Morgan fingerprint density at radius 1 is 0.958 bits per heavy atom. The van der Waals surface area contributed by atoms with Crippen LogP contribution in [0.25, 0.3) is 11.0 Å². The van der Waals surface area contributed by atoms with E-state index in [0.29, 0.717) is 6.04 Å². The Morgan fingerprint density at radius 2 is 1.67 bits per heavy atom. The molecule has 5 heteroatoms. The number of aromatic nitrogens is 3. The third-order valence-electron chi connectivity index (χ3n) is 4.87. The van der Waals surface area contributed by atoms with Crippen molar-refractivity contribution >= 4 is 34.2 Å². The lowest BCUT2D eigenvalue weighted by Gasteiger charge is -2.22. The van der Waals surface area contributed by atoms with E-state index in [0.717, 1.165) is 27.2 Å². The van der Waals surface area contributed by atoms with Crippen LogP contribution in [0.4, 0.5) is 0 Å². The van der Waals surface area contributed by atoms with Crippen molar-refractivity contribution in [3.8, 4) is 0 Å². The van der Waals surface area contributed by atoms with Crippen LogP contribution in [-0.2, 0) is 0 Å². The number of alkyl halides is 1. The maximum atomic E-state index is 6.70. The third-order valence-corrected chi connectivity index (χ3v) is 5.63. The van der Waals surface area contributed by atoms with Crippen LogP contribution >= 0.6 is 23.2 Å². The highest BCUT2D eigenvalue weighted by Gasteiger charge is 2.20.